The number of halogens is 1. The van der Waals surface area contributed by atoms with E-state index in [0.717, 1.165) is 11.7 Å². The van der Waals surface area contributed by atoms with Crippen LogP contribution < -0.4 is 11.1 Å². The van der Waals surface area contributed by atoms with Gasteiger partial charge in [0.25, 0.3) is 0 Å². The summed E-state index contributed by atoms with van der Waals surface area (Å²) in [4.78, 5) is 8.01. The molecule has 1 aromatic heterocycles. The molecule has 1 aromatic rings. The second-order valence-corrected chi connectivity index (χ2v) is 5.34. The predicted octanol–water partition coefficient (Wildman–Crippen LogP) is 2.95. The number of nitrogen functional groups attached to an aromatic ring is 1. The van der Waals surface area contributed by atoms with Gasteiger partial charge in [-0.25, -0.2) is 4.98 Å². The second-order valence-electron chi connectivity index (χ2n) is 4.95. The van der Waals surface area contributed by atoms with Gasteiger partial charge in [0.15, 0.2) is 0 Å². The topological polar surface area (TPSA) is 63.8 Å². The number of aromatic nitrogens is 2. The van der Waals surface area contributed by atoms with E-state index in [4.69, 9.17) is 17.3 Å². The maximum absolute atomic E-state index is 5.86. The van der Waals surface area contributed by atoms with Crippen LogP contribution in [-0.2, 0) is 0 Å². The summed E-state index contributed by atoms with van der Waals surface area (Å²) in [6, 6.07) is 2.17. The summed E-state index contributed by atoms with van der Waals surface area (Å²) < 4.78 is 0. The molecule has 3 atom stereocenters. The monoisotopic (exact) mass is 254 g/mol. The molecule has 0 bridgehead atoms. The Kier molecular flexibility index (Phi) is 3.72. The number of anilines is 2. The molecule has 0 unspecified atom stereocenters. The van der Waals surface area contributed by atoms with E-state index in [1.54, 1.807) is 6.07 Å². The number of nitrogens with two attached hydrogens (primary N) is 1. The van der Waals surface area contributed by atoms with Gasteiger partial charge in [-0.15, -0.1) is 0 Å². The molecule has 1 saturated carbocycles. The lowest BCUT2D eigenvalue weighted by atomic mass is 9.78. The largest absolute Gasteiger partial charge is 0.368 e. The Morgan fingerprint density at radius 2 is 2.12 bits per heavy atom. The van der Waals surface area contributed by atoms with Crippen molar-refractivity contribution in [3.63, 3.8) is 0 Å². The van der Waals surface area contributed by atoms with Crippen molar-refractivity contribution in [2.75, 3.05) is 11.1 Å². The van der Waals surface area contributed by atoms with E-state index in [2.05, 4.69) is 29.1 Å². The highest BCUT2D eigenvalue weighted by Gasteiger charge is 2.27. The van der Waals surface area contributed by atoms with Gasteiger partial charge in [-0.05, 0) is 18.3 Å². The van der Waals surface area contributed by atoms with Crippen LogP contribution in [0, 0.1) is 11.8 Å². The summed E-state index contributed by atoms with van der Waals surface area (Å²) in [5.74, 6) is 2.33. The number of hydrogen-bond donors (Lipinski definition) is 2. The van der Waals surface area contributed by atoms with Crippen LogP contribution in [0.25, 0.3) is 0 Å². The van der Waals surface area contributed by atoms with Gasteiger partial charge in [0.2, 0.25) is 5.95 Å². The van der Waals surface area contributed by atoms with Gasteiger partial charge in [-0.3, -0.25) is 0 Å². The standard InChI is InChI=1S/C12H19ClN4/c1-7-4-3-5-9(8(7)2)15-11-6-10(13)16-12(14)17-11/h6-9H,3-5H2,1-2H3,(H3,14,15,16,17)/t7-,8+,9+/m1/s1. The number of rotatable bonds is 2. The summed E-state index contributed by atoms with van der Waals surface area (Å²) in [5.41, 5.74) is 5.58. The first kappa shape index (κ1) is 12.4. The summed E-state index contributed by atoms with van der Waals surface area (Å²) in [5, 5.41) is 3.81. The fourth-order valence-corrected chi connectivity index (χ4v) is 2.67. The molecule has 1 aliphatic rings. The molecule has 1 heterocycles. The van der Waals surface area contributed by atoms with Gasteiger partial charge >= 0.3 is 0 Å². The molecule has 2 rings (SSSR count). The zero-order valence-electron chi connectivity index (χ0n) is 10.3. The fourth-order valence-electron chi connectivity index (χ4n) is 2.48. The van der Waals surface area contributed by atoms with Gasteiger partial charge in [0.1, 0.15) is 11.0 Å². The smallest absolute Gasteiger partial charge is 0.223 e. The van der Waals surface area contributed by atoms with E-state index in [0.29, 0.717) is 17.1 Å². The molecule has 0 radical (unpaired) electrons. The fraction of sp³-hybridized carbons (Fsp3) is 0.667. The lowest BCUT2D eigenvalue weighted by molar-refractivity contribution is 0.253. The molecular weight excluding hydrogens is 236 g/mol. The molecule has 94 valence electrons. The molecule has 0 aliphatic heterocycles. The van der Waals surface area contributed by atoms with E-state index in [1.807, 2.05) is 0 Å². The molecule has 3 N–H and O–H groups in total. The van der Waals surface area contributed by atoms with Crippen molar-refractivity contribution in [3.8, 4) is 0 Å². The van der Waals surface area contributed by atoms with Gasteiger partial charge in [-0.1, -0.05) is 38.3 Å². The van der Waals surface area contributed by atoms with Crippen molar-refractivity contribution in [3.05, 3.63) is 11.2 Å². The number of nitrogens with zero attached hydrogens (tertiary/aromatic N) is 2. The number of hydrogen-bond acceptors (Lipinski definition) is 4. The van der Waals surface area contributed by atoms with Crippen LogP contribution in [0.3, 0.4) is 0 Å². The minimum atomic E-state index is 0.219. The van der Waals surface area contributed by atoms with Crippen LogP contribution in [0.1, 0.15) is 33.1 Å². The molecule has 4 nitrogen and oxygen atoms in total. The Hall–Kier alpha value is -1.03. The summed E-state index contributed by atoms with van der Waals surface area (Å²) in [6.45, 7) is 4.59. The third-order valence-corrected chi connectivity index (χ3v) is 3.95. The van der Waals surface area contributed by atoms with Crippen molar-refractivity contribution < 1.29 is 0 Å². The Morgan fingerprint density at radius 3 is 2.82 bits per heavy atom. The van der Waals surface area contributed by atoms with Crippen LogP contribution in [0.15, 0.2) is 6.07 Å². The second kappa shape index (κ2) is 5.08. The molecule has 5 heteroatoms. The summed E-state index contributed by atoms with van der Waals surface area (Å²) >= 11 is 5.86. The number of nitrogens with one attached hydrogen (secondary N) is 1. The molecule has 0 aromatic carbocycles. The highest BCUT2D eigenvalue weighted by Crippen LogP contribution is 2.31. The first-order chi connectivity index (χ1) is 8.06. The normalized spacial score (nSPS) is 29.0. The van der Waals surface area contributed by atoms with Crippen LogP contribution >= 0.6 is 11.6 Å². The summed E-state index contributed by atoms with van der Waals surface area (Å²) in [6.07, 6.45) is 3.75. The zero-order chi connectivity index (χ0) is 12.4. The Balaban J connectivity index is 2.09. The van der Waals surface area contributed by atoms with E-state index in [9.17, 15) is 0 Å². The Morgan fingerprint density at radius 1 is 1.35 bits per heavy atom. The van der Waals surface area contributed by atoms with Crippen molar-refractivity contribution in [2.24, 2.45) is 11.8 Å². The molecule has 1 fully saturated rings. The lowest BCUT2D eigenvalue weighted by Crippen LogP contribution is -2.35. The SMILES string of the molecule is C[C@H]1[C@H](C)CCC[C@@H]1Nc1cc(Cl)nc(N)n1. The maximum Gasteiger partial charge on any atom is 0.223 e. The van der Waals surface area contributed by atoms with Crippen molar-refractivity contribution in [1.29, 1.82) is 0 Å². The molecule has 0 amide bonds. The molecular formula is C12H19ClN4. The molecule has 1 aliphatic carbocycles. The third kappa shape index (κ3) is 3.00. The Bertz CT molecular complexity index is 376. The van der Waals surface area contributed by atoms with Crippen molar-refractivity contribution >= 4 is 23.4 Å². The highest BCUT2D eigenvalue weighted by atomic mass is 35.5. The first-order valence-electron chi connectivity index (χ1n) is 6.13. The molecule has 17 heavy (non-hydrogen) atoms. The van der Waals surface area contributed by atoms with Crippen molar-refractivity contribution in [2.45, 2.75) is 39.2 Å². The quantitative estimate of drug-likeness (QED) is 0.797. The zero-order valence-corrected chi connectivity index (χ0v) is 11.0. The van der Waals surface area contributed by atoms with Crippen LogP contribution in [-0.4, -0.2) is 16.0 Å². The molecule has 0 saturated heterocycles. The van der Waals surface area contributed by atoms with Crippen LogP contribution in [0.2, 0.25) is 5.15 Å². The van der Waals surface area contributed by atoms with Crippen LogP contribution in [0.4, 0.5) is 11.8 Å². The predicted molar refractivity (Wildman–Crippen MR) is 71.0 cm³/mol. The van der Waals surface area contributed by atoms with E-state index in [1.165, 1.54) is 19.3 Å². The van der Waals surface area contributed by atoms with Crippen molar-refractivity contribution in [1.82, 2.24) is 9.97 Å². The lowest BCUT2D eigenvalue weighted by Gasteiger charge is -2.34. The average molecular weight is 255 g/mol. The van der Waals surface area contributed by atoms with E-state index >= 15 is 0 Å². The van der Waals surface area contributed by atoms with E-state index in [-0.39, 0.29) is 5.95 Å². The molecule has 0 spiro atoms. The van der Waals surface area contributed by atoms with E-state index < -0.39 is 0 Å². The van der Waals surface area contributed by atoms with Gasteiger partial charge in [0.05, 0.1) is 0 Å². The maximum atomic E-state index is 5.86. The minimum absolute atomic E-state index is 0.219. The average Bonchev–Trinajstić information content (AvgIpc) is 2.23. The van der Waals surface area contributed by atoms with Crippen LogP contribution in [0.5, 0.6) is 0 Å². The van der Waals surface area contributed by atoms with Gasteiger partial charge < -0.3 is 11.1 Å². The minimum Gasteiger partial charge on any atom is -0.368 e. The first-order valence-corrected chi connectivity index (χ1v) is 6.50. The van der Waals surface area contributed by atoms with Gasteiger partial charge in [0, 0.05) is 12.1 Å². The third-order valence-electron chi connectivity index (χ3n) is 3.75. The van der Waals surface area contributed by atoms with Gasteiger partial charge in [-0.2, -0.15) is 4.98 Å². The summed E-state index contributed by atoms with van der Waals surface area (Å²) in [7, 11) is 0. The Labute approximate surface area is 107 Å². The highest BCUT2D eigenvalue weighted by molar-refractivity contribution is 6.29.